The van der Waals surface area contributed by atoms with Crippen LogP contribution < -0.4 is 5.32 Å². The first-order valence-corrected chi connectivity index (χ1v) is 10.3. The fraction of sp³-hybridized carbons (Fsp3) is 0.294. The molecule has 1 saturated heterocycles. The van der Waals surface area contributed by atoms with Gasteiger partial charge in [-0.3, -0.25) is 4.18 Å². The normalized spacial score (nSPS) is 21.8. The van der Waals surface area contributed by atoms with E-state index in [2.05, 4.69) is 63.9 Å². The molecule has 1 aliphatic rings. The maximum Gasteiger partial charge on any atom is 0.149 e. The van der Waals surface area contributed by atoms with Crippen LogP contribution in [-0.4, -0.2) is 12.6 Å². The van der Waals surface area contributed by atoms with Gasteiger partial charge in [0.05, 0.1) is 9.21 Å². The molecule has 2 unspecified atom stereocenters. The molecule has 1 N–H and O–H groups in total. The lowest BCUT2D eigenvalue weighted by atomic mass is 9.79. The number of rotatable bonds is 7. The third-order valence-electron chi connectivity index (χ3n) is 3.86. The first kappa shape index (κ1) is 16.8. The summed E-state index contributed by atoms with van der Waals surface area (Å²) in [4.78, 5) is 0. The largest absolute Gasteiger partial charge is 0.311 e. The summed E-state index contributed by atoms with van der Waals surface area (Å²) < 4.78 is 6.26. The molecule has 2 rings (SSSR count). The monoisotopic (exact) mass is 413 g/mol. The third-order valence-corrected chi connectivity index (χ3v) is 4.73. The zero-order chi connectivity index (χ0) is 15.1. The smallest absolute Gasteiger partial charge is 0.149 e. The van der Waals surface area contributed by atoms with Crippen molar-refractivity contribution in [3.8, 4) is 0 Å². The van der Waals surface area contributed by atoms with E-state index in [9.17, 15) is 0 Å². The summed E-state index contributed by atoms with van der Waals surface area (Å²) in [6.45, 7) is 8.84. The Kier molecular flexibility index (Phi) is 6.54. The number of halogens is 1. The lowest BCUT2D eigenvalue weighted by molar-refractivity contribution is 0.101. The van der Waals surface area contributed by atoms with Crippen LogP contribution in [0.3, 0.4) is 0 Å². The van der Waals surface area contributed by atoms with Gasteiger partial charge < -0.3 is 5.32 Å². The average Bonchev–Trinajstić information content (AvgIpc) is 3.06. The van der Waals surface area contributed by atoms with E-state index in [0.29, 0.717) is 0 Å². The highest BCUT2D eigenvalue weighted by Crippen LogP contribution is 2.44. The van der Waals surface area contributed by atoms with E-state index >= 15 is 0 Å². The Bertz CT molecular complexity index is 511. The third kappa shape index (κ3) is 3.44. The van der Waals surface area contributed by atoms with Crippen molar-refractivity contribution in [3.05, 3.63) is 72.9 Å². The van der Waals surface area contributed by atoms with Crippen molar-refractivity contribution in [2.24, 2.45) is 0 Å². The second-order valence-electron chi connectivity index (χ2n) is 4.96. The van der Waals surface area contributed by atoms with Gasteiger partial charge in [-0.05, 0) is 30.5 Å². The Hall–Kier alpha value is -0.560. The average molecular weight is 413 g/mol. The zero-order valence-corrected chi connectivity index (χ0v) is 14.9. The van der Waals surface area contributed by atoms with Gasteiger partial charge in [-0.25, -0.2) is 0 Å². The fourth-order valence-electron chi connectivity index (χ4n) is 2.96. The van der Waals surface area contributed by atoms with Crippen LogP contribution in [0.25, 0.3) is 0 Å². The predicted octanol–water partition coefficient (Wildman–Crippen LogP) is 4.95. The summed E-state index contributed by atoms with van der Waals surface area (Å²) >= 11 is 2.18. The van der Waals surface area contributed by atoms with Crippen LogP contribution >= 0.6 is 30.4 Å². The number of benzene rings is 1. The van der Waals surface area contributed by atoms with Gasteiger partial charge in [0.2, 0.25) is 0 Å². The second kappa shape index (κ2) is 8.17. The quantitative estimate of drug-likeness (QED) is 0.389. The number of hydrogen-bond acceptors (Lipinski definition) is 3. The standard InChI is InChI=1S/C17H20INOS/c1-3-9-14(4-2)17(20-21-18,16-12-8-13-19-16)15-10-6-5-7-11-15/h3-7,9-11,16,19H,1-2,8,12-13H2/b14-9+. The second-order valence-corrected chi connectivity index (χ2v) is 6.33. The summed E-state index contributed by atoms with van der Waals surface area (Å²) in [7, 11) is 1.37. The van der Waals surface area contributed by atoms with Gasteiger partial charge in [0.25, 0.3) is 0 Å². The summed E-state index contributed by atoms with van der Waals surface area (Å²) in [6, 6.07) is 10.6. The van der Waals surface area contributed by atoms with Crippen molar-refractivity contribution < 1.29 is 4.18 Å². The Morgan fingerprint density at radius 3 is 2.67 bits per heavy atom. The Morgan fingerprint density at radius 2 is 2.14 bits per heavy atom. The molecule has 0 aromatic heterocycles. The molecule has 0 spiro atoms. The van der Waals surface area contributed by atoms with Crippen LogP contribution in [0.15, 0.2) is 67.3 Å². The molecule has 0 radical (unpaired) electrons. The maximum absolute atomic E-state index is 6.26. The van der Waals surface area contributed by atoms with Crippen molar-refractivity contribution in [1.82, 2.24) is 5.32 Å². The van der Waals surface area contributed by atoms with E-state index in [1.54, 1.807) is 6.08 Å². The molecule has 0 bridgehead atoms. The van der Waals surface area contributed by atoms with Crippen LogP contribution in [0, 0.1) is 0 Å². The summed E-state index contributed by atoms with van der Waals surface area (Å²) in [6.07, 6.45) is 7.90. The highest BCUT2D eigenvalue weighted by atomic mass is 127. The summed E-state index contributed by atoms with van der Waals surface area (Å²) in [5.41, 5.74) is 1.63. The van der Waals surface area contributed by atoms with E-state index in [-0.39, 0.29) is 6.04 Å². The van der Waals surface area contributed by atoms with Crippen LogP contribution in [-0.2, 0) is 9.78 Å². The first-order chi connectivity index (χ1) is 10.3. The highest BCUT2D eigenvalue weighted by Gasteiger charge is 2.45. The number of hydrogen-bond donors (Lipinski definition) is 1. The minimum atomic E-state index is -0.542. The van der Waals surface area contributed by atoms with Gasteiger partial charge in [0.15, 0.2) is 0 Å². The van der Waals surface area contributed by atoms with E-state index in [0.717, 1.165) is 30.5 Å². The minimum absolute atomic E-state index is 0.228. The number of nitrogens with one attached hydrogen (secondary N) is 1. The lowest BCUT2D eigenvalue weighted by Gasteiger charge is -2.39. The molecule has 1 fully saturated rings. The molecule has 1 heterocycles. The van der Waals surface area contributed by atoms with Crippen LogP contribution in [0.1, 0.15) is 18.4 Å². The van der Waals surface area contributed by atoms with Crippen molar-refractivity contribution in [2.45, 2.75) is 24.5 Å². The molecular weight excluding hydrogens is 393 g/mol. The molecule has 2 nitrogen and oxygen atoms in total. The highest BCUT2D eigenvalue weighted by molar-refractivity contribution is 14.2. The Morgan fingerprint density at radius 1 is 1.38 bits per heavy atom. The topological polar surface area (TPSA) is 21.3 Å². The molecule has 2 atom stereocenters. The lowest BCUT2D eigenvalue weighted by Crippen LogP contribution is -2.47. The van der Waals surface area contributed by atoms with Crippen molar-refractivity contribution in [1.29, 1.82) is 0 Å². The Labute approximate surface area is 143 Å². The molecule has 0 aliphatic carbocycles. The van der Waals surface area contributed by atoms with Crippen LogP contribution in [0.4, 0.5) is 0 Å². The van der Waals surface area contributed by atoms with E-state index in [4.69, 9.17) is 4.18 Å². The van der Waals surface area contributed by atoms with Gasteiger partial charge in [-0.2, -0.15) is 0 Å². The number of allylic oxidation sites excluding steroid dienone is 2. The van der Waals surface area contributed by atoms with E-state index in [1.807, 2.05) is 18.2 Å². The van der Waals surface area contributed by atoms with Crippen molar-refractivity contribution in [3.63, 3.8) is 0 Å². The first-order valence-electron chi connectivity index (χ1n) is 7.00. The van der Waals surface area contributed by atoms with E-state index < -0.39 is 5.60 Å². The van der Waals surface area contributed by atoms with Gasteiger partial charge in [0.1, 0.15) is 5.60 Å². The SMILES string of the molecule is C=C/C=C(\C=C)C(OSI)(c1ccccc1)C1CCCN1. The van der Waals surface area contributed by atoms with Crippen molar-refractivity contribution >= 4 is 30.4 Å². The van der Waals surface area contributed by atoms with Gasteiger partial charge >= 0.3 is 0 Å². The molecular formula is C17H20INOS. The minimum Gasteiger partial charge on any atom is -0.311 e. The predicted molar refractivity (Wildman–Crippen MR) is 100 cm³/mol. The fourth-order valence-corrected chi connectivity index (χ4v) is 4.22. The molecule has 0 amide bonds. The molecule has 112 valence electrons. The summed E-state index contributed by atoms with van der Waals surface area (Å²) in [5, 5.41) is 3.59. The molecule has 0 saturated carbocycles. The van der Waals surface area contributed by atoms with Gasteiger partial charge in [-0.1, -0.05) is 61.7 Å². The van der Waals surface area contributed by atoms with Crippen molar-refractivity contribution in [2.75, 3.05) is 6.54 Å². The van der Waals surface area contributed by atoms with Crippen LogP contribution in [0.5, 0.6) is 0 Å². The molecule has 4 heteroatoms. The maximum atomic E-state index is 6.26. The molecule has 21 heavy (non-hydrogen) atoms. The molecule has 1 aliphatic heterocycles. The Balaban J connectivity index is 2.61. The van der Waals surface area contributed by atoms with E-state index in [1.165, 1.54) is 9.21 Å². The zero-order valence-electron chi connectivity index (χ0n) is 11.9. The van der Waals surface area contributed by atoms with Gasteiger partial charge in [-0.15, -0.1) is 0 Å². The van der Waals surface area contributed by atoms with Crippen LogP contribution in [0.2, 0.25) is 0 Å². The molecule has 1 aromatic rings. The summed E-state index contributed by atoms with van der Waals surface area (Å²) in [5.74, 6) is 0. The van der Waals surface area contributed by atoms with Gasteiger partial charge in [0, 0.05) is 27.2 Å². The molecule has 1 aromatic carbocycles.